The van der Waals surface area contributed by atoms with Crippen LogP contribution >= 0.6 is 8.38 Å². The third-order valence-corrected chi connectivity index (χ3v) is 3.19. The third kappa shape index (κ3) is 10.2. The summed E-state index contributed by atoms with van der Waals surface area (Å²) in [6.45, 7) is 3.90. The van der Waals surface area contributed by atoms with Crippen molar-refractivity contribution in [3.8, 4) is 6.07 Å². The van der Waals surface area contributed by atoms with Crippen molar-refractivity contribution < 1.29 is 18.9 Å². The zero-order chi connectivity index (χ0) is 13.1. The first-order chi connectivity index (χ1) is 8.10. The standard InChI is InChI=1S/C11H20NO4P/c1-3-4-7-15-17(14)8-5-6-11(9-12)16-10(2)13/h11,14H,3-8H2,1-2H3. The fourth-order valence-electron chi connectivity index (χ4n) is 1.14. The molecular weight excluding hydrogens is 241 g/mol. The summed E-state index contributed by atoms with van der Waals surface area (Å²) in [6, 6.07) is 1.90. The summed E-state index contributed by atoms with van der Waals surface area (Å²) in [6.07, 6.45) is 2.82. The molecule has 0 rings (SSSR count). The second-order valence-electron chi connectivity index (χ2n) is 3.63. The molecule has 2 atom stereocenters. The van der Waals surface area contributed by atoms with Crippen molar-refractivity contribution in [2.75, 3.05) is 12.8 Å². The maximum atomic E-state index is 10.6. The largest absolute Gasteiger partial charge is 0.447 e. The number of hydrogen-bond acceptors (Lipinski definition) is 5. The molecule has 0 saturated heterocycles. The highest BCUT2D eigenvalue weighted by Gasteiger charge is 2.12. The molecular formula is C11H20NO4P. The topological polar surface area (TPSA) is 79.6 Å². The number of esters is 1. The molecule has 0 aromatic carbocycles. The highest BCUT2D eigenvalue weighted by Crippen LogP contribution is 2.32. The molecule has 2 unspecified atom stereocenters. The van der Waals surface area contributed by atoms with Crippen LogP contribution in [-0.4, -0.2) is 29.7 Å². The highest BCUT2D eigenvalue weighted by molar-refractivity contribution is 7.46. The van der Waals surface area contributed by atoms with Gasteiger partial charge in [0.15, 0.2) is 14.5 Å². The number of ether oxygens (including phenoxy) is 1. The van der Waals surface area contributed by atoms with Crippen molar-refractivity contribution in [1.29, 1.82) is 5.26 Å². The first-order valence-electron chi connectivity index (χ1n) is 5.76. The van der Waals surface area contributed by atoms with Gasteiger partial charge in [0.25, 0.3) is 0 Å². The van der Waals surface area contributed by atoms with E-state index in [1.54, 1.807) is 0 Å². The van der Waals surface area contributed by atoms with Crippen LogP contribution in [0.25, 0.3) is 0 Å². The molecule has 5 nitrogen and oxygen atoms in total. The number of carbonyl (C=O) groups excluding carboxylic acids is 1. The second kappa shape index (κ2) is 10.5. The number of nitrogens with zero attached hydrogens (tertiary/aromatic N) is 1. The molecule has 0 saturated carbocycles. The van der Waals surface area contributed by atoms with Gasteiger partial charge in [-0.3, -0.25) is 4.79 Å². The summed E-state index contributed by atoms with van der Waals surface area (Å²) in [5.74, 6) is -0.456. The van der Waals surface area contributed by atoms with Gasteiger partial charge < -0.3 is 14.2 Å². The fourth-order valence-corrected chi connectivity index (χ4v) is 2.06. The summed E-state index contributed by atoms with van der Waals surface area (Å²) in [5.41, 5.74) is 0. The van der Waals surface area contributed by atoms with Crippen molar-refractivity contribution in [1.82, 2.24) is 0 Å². The summed E-state index contributed by atoms with van der Waals surface area (Å²) < 4.78 is 9.97. The average molecular weight is 261 g/mol. The minimum Gasteiger partial charge on any atom is -0.447 e. The molecule has 0 heterocycles. The van der Waals surface area contributed by atoms with Gasteiger partial charge in [-0.05, 0) is 19.3 Å². The molecule has 6 heteroatoms. The monoisotopic (exact) mass is 261 g/mol. The molecule has 0 radical (unpaired) electrons. The van der Waals surface area contributed by atoms with Gasteiger partial charge >= 0.3 is 5.97 Å². The van der Waals surface area contributed by atoms with E-state index < -0.39 is 20.4 Å². The van der Waals surface area contributed by atoms with Crippen LogP contribution in [0.15, 0.2) is 0 Å². The average Bonchev–Trinajstić information content (AvgIpc) is 2.27. The Bertz CT molecular complexity index is 254. The van der Waals surface area contributed by atoms with Crippen LogP contribution in [0, 0.1) is 11.3 Å². The first kappa shape index (κ1) is 16.3. The zero-order valence-corrected chi connectivity index (χ0v) is 11.3. The highest BCUT2D eigenvalue weighted by atomic mass is 31.2. The molecule has 0 fully saturated rings. The van der Waals surface area contributed by atoms with E-state index in [2.05, 4.69) is 6.92 Å². The molecule has 0 amide bonds. The van der Waals surface area contributed by atoms with Gasteiger partial charge in [-0.2, -0.15) is 5.26 Å². The molecule has 0 spiro atoms. The van der Waals surface area contributed by atoms with E-state index in [-0.39, 0.29) is 0 Å². The SMILES string of the molecule is CCCCOP(O)CCCC(C#N)OC(C)=O. The van der Waals surface area contributed by atoms with Crippen molar-refractivity contribution in [2.45, 2.75) is 45.6 Å². The van der Waals surface area contributed by atoms with E-state index in [9.17, 15) is 9.69 Å². The van der Waals surface area contributed by atoms with Crippen molar-refractivity contribution in [3.05, 3.63) is 0 Å². The maximum Gasteiger partial charge on any atom is 0.303 e. The van der Waals surface area contributed by atoms with Gasteiger partial charge in [-0.15, -0.1) is 0 Å². The lowest BCUT2D eigenvalue weighted by molar-refractivity contribution is -0.144. The Balaban J connectivity index is 3.59. The van der Waals surface area contributed by atoms with Crippen molar-refractivity contribution in [3.63, 3.8) is 0 Å². The van der Waals surface area contributed by atoms with E-state index in [1.807, 2.05) is 6.07 Å². The molecule has 0 aliphatic rings. The van der Waals surface area contributed by atoms with Crippen molar-refractivity contribution in [2.24, 2.45) is 0 Å². The lowest BCUT2D eigenvalue weighted by atomic mass is 10.2. The number of hydrogen-bond donors (Lipinski definition) is 1. The second-order valence-corrected chi connectivity index (χ2v) is 5.04. The van der Waals surface area contributed by atoms with Gasteiger partial charge in [0.1, 0.15) is 6.07 Å². The Morgan fingerprint density at radius 3 is 2.76 bits per heavy atom. The number of carbonyl (C=O) groups is 1. The lowest BCUT2D eigenvalue weighted by Crippen LogP contribution is -2.14. The summed E-state index contributed by atoms with van der Waals surface area (Å²) >= 11 is 0. The third-order valence-electron chi connectivity index (χ3n) is 2.01. The Morgan fingerprint density at radius 2 is 2.24 bits per heavy atom. The lowest BCUT2D eigenvalue weighted by Gasteiger charge is -2.12. The van der Waals surface area contributed by atoms with Gasteiger partial charge in [-0.1, -0.05) is 13.3 Å². The minimum atomic E-state index is -1.40. The molecule has 1 N–H and O–H groups in total. The minimum absolute atomic E-state index is 0.437. The van der Waals surface area contributed by atoms with Crippen LogP contribution in [-0.2, 0) is 14.1 Å². The Labute approximate surface area is 104 Å². The van der Waals surface area contributed by atoms with Crippen LogP contribution in [0.1, 0.15) is 39.5 Å². The normalized spacial score (nSPS) is 13.8. The quantitative estimate of drug-likeness (QED) is 0.391. The van der Waals surface area contributed by atoms with Gasteiger partial charge in [-0.25, -0.2) is 0 Å². The van der Waals surface area contributed by atoms with E-state index >= 15 is 0 Å². The molecule has 0 bridgehead atoms. The van der Waals surface area contributed by atoms with Gasteiger partial charge in [0, 0.05) is 13.1 Å². The van der Waals surface area contributed by atoms with E-state index in [1.165, 1.54) is 6.92 Å². The number of unbranched alkanes of at least 4 members (excludes halogenated alkanes) is 1. The number of rotatable bonds is 9. The maximum absolute atomic E-state index is 10.6. The Kier molecular flexibility index (Phi) is 10.0. The molecule has 0 aromatic heterocycles. The molecule has 98 valence electrons. The Hall–Kier alpha value is -0.690. The molecule has 0 aliphatic heterocycles. The van der Waals surface area contributed by atoms with E-state index in [0.717, 1.165) is 12.8 Å². The molecule has 0 aromatic rings. The smallest absolute Gasteiger partial charge is 0.303 e. The van der Waals surface area contributed by atoms with Crippen LogP contribution in [0.4, 0.5) is 0 Å². The van der Waals surface area contributed by atoms with E-state index in [0.29, 0.717) is 25.6 Å². The van der Waals surface area contributed by atoms with Gasteiger partial charge in [0.05, 0.1) is 6.61 Å². The van der Waals surface area contributed by atoms with Crippen LogP contribution in [0.2, 0.25) is 0 Å². The molecule has 0 aliphatic carbocycles. The summed E-state index contributed by atoms with van der Waals surface area (Å²) in [5, 5.41) is 8.70. The summed E-state index contributed by atoms with van der Waals surface area (Å²) in [4.78, 5) is 20.1. The zero-order valence-electron chi connectivity index (χ0n) is 10.4. The summed E-state index contributed by atoms with van der Waals surface area (Å²) in [7, 11) is -1.40. The Morgan fingerprint density at radius 1 is 1.53 bits per heavy atom. The van der Waals surface area contributed by atoms with Crippen molar-refractivity contribution >= 4 is 14.3 Å². The van der Waals surface area contributed by atoms with Crippen LogP contribution in [0.5, 0.6) is 0 Å². The first-order valence-corrected chi connectivity index (χ1v) is 7.16. The van der Waals surface area contributed by atoms with Crippen LogP contribution < -0.4 is 0 Å². The number of nitriles is 1. The predicted octanol–water partition coefficient (Wildman–Crippen LogP) is 2.34. The van der Waals surface area contributed by atoms with Gasteiger partial charge in [0.2, 0.25) is 0 Å². The predicted molar refractivity (Wildman–Crippen MR) is 65.3 cm³/mol. The molecule has 17 heavy (non-hydrogen) atoms. The fraction of sp³-hybridized carbons (Fsp3) is 0.818. The van der Waals surface area contributed by atoms with Crippen LogP contribution in [0.3, 0.4) is 0 Å². The van der Waals surface area contributed by atoms with E-state index in [4.69, 9.17) is 14.5 Å².